The summed E-state index contributed by atoms with van der Waals surface area (Å²) in [4.78, 5) is 2.37. The van der Waals surface area contributed by atoms with Gasteiger partial charge in [-0.15, -0.1) is 0 Å². The minimum atomic E-state index is 0.301. The second kappa shape index (κ2) is 7.25. The van der Waals surface area contributed by atoms with Gasteiger partial charge in [0, 0.05) is 32.9 Å². The predicted octanol–water partition coefficient (Wildman–Crippen LogP) is 1.61. The van der Waals surface area contributed by atoms with E-state index in [0.717, 1.165) is 32.2 Å². The molecule has 1 aliphatic rings. The van der Waals surface area contributed by atoms with Gasteiger partial charge in [0.2, 0.25) is 0 Å². The van der Waals surface area contributed by atoms with Gasteiger partial charge in [-0.25, -0.2) is 0 Å². The molecule has 1 N–H and O–H groups in total. The molecule has 3 nitrogen and oxygen atoms in total. The Bertz CT molecular complexity index is 179. The first-order valence-electron chi connectivity index (χ1n) is 6.50. The van der Waals surface area contributed by atoms with E-state index >= 15 is 0 Å². The van der Waals surface area contributed by atoms with Crippen molar-refractivity contribution >= 4 is 0 Å². The van der Waals surface area contributed by atoms with Crippen LogP contribution < -0.4 is 0 Å². The van der Waals surface area contributed by atoms with E-state index in [1.54, 1.807) is 0 Å². The lowest BCUT2D eigenvalue weighted by atomic mass is 9.95. The molecule has 3 heteroatoms. The fourth-order valence-electron chi connectivity index (χ4n) is 2.32. The first-order valence-corrected chi connectivity index (χ1v) is 6.50. The highest BCUT2D eigenvalue weighted by atomic mass is 16.5. The van der Waals surface area contributed by atoms with Gasteiger partial charge in [0.25, 0.3) is 0 Å². The lowest BCUT2D eigenvalue weighted by Gasteiger charge is -2.30. The molecule has 1 fully saturated rings. The third-order valence-corrected chi connectivity index (χ3v) is 3.63. The van der Waals surface area contributed by atoms with Crippen LogP contribution in [-0.4, -0.2) is 50.0 Å². The first kappa shape index (κ1) is 13.9. The highest BCUT2D eigenvalue weighted by Crippen LogP contribution is 2.17. The lowest BCUT2D eigenvalue weighted by molar-refractivity contribution is 0.0503. The summed E-state index contributed by atoms with van der Waals surface area (Å²) in [6.45, 7) is 8.67. The Hall–Kier alpha value is -0.120. The average molecular weight is 229 g/mol. The van der Waals surface area contributed by atoms with Gasteiger partial charge in [-0.05, 0) is 37.6 Å². The van der Waals surface area contributed by atoms with Gasteiger partial charge in [0.15, 0.2) is 0 Å². The van der Waals surface area contributed by atoms with Crippen molar-refractivity contribution < 1.29 is 9.84 Å². The lowest BCUT2D eigenvalue weighted by Crippen LogP contribution is -2.35. The molecule has 0 saturated carbocycles. The molecule has 1 heterocycles. The zero-order valence-electron chi connectivity index (χ0n) is 11.0. The van der Waals surface area contributed by atoms with E-state index in [0.29, 0.717) is 18.4 Å². The van der Waals surface area contributed by atoms with Crippen molar-refractivity contribution in [2.75, 3.05) is 40.0 Å². The minimum absolute atomic E-state index is 0.301. The molecular formula is C13H27NO2. The SMILES string of the molecule is CC(C)C(CO)CN(C)CC1CCOCC1. The molecule has 1 unspecified atom stereocenters. The molecule has 1 saturated heterocycles. The molecular weight excluding hydrogens is 202 g/mol. The molecule has 1 rings (SSSR count). The second-order valence-corrected chi connectivity index (χ2v) is 5.46. The smallest absolute Gasteiger partial charge is 0.0473 e. The molecule has 0 spiro atoms. The summed E-state index contributed by atoms with van der Waals surface area (Å²) in [5.74, 6) is 1.75. The largest absolute Gasteiger partial charge is 0.396 e. The van der Waals surface area contributed by atoms with E-state index in [1.807, 2.05) is 0 Å². The number of ether oxygens (including phenoxy) is 1. The number of hydrogen-bond donors (Lipinski definition) is 1. The number of aliphatic hydroxyl groups excluding tert-OH is 1. The molecule has 0 bridgehead atoms. The summed E-state index contributed by atoms with van der Waals surface area (Å²) in [5, 5.41) is 9.30. The number of aliphatic hydroxyl groups is 1. The van der Waals surface area contributed by atoms with Crippen molar-refractivity contribution in [1.29, 1.82) is 0 Å². The molecule has 1 atom stereocenters. The van der Waals surface area contributed by atoms with Crippen LogP contribution in [0.1, 0.15) is 26.7 Å². The molecule has 1 aliphatic heterocycles. The molecule has 0 aromatic rings. The highest BCUT2D eigenvalue weighted by Gasteiger charge is 2.19. The number of hydrogen-bond acceptors (Lipinski definition) is 3. The molecule has 0 aromatic heterocycles. The monoisotopic (exact) mass is 229 g/mol. The average Bonchev–Trinajstić information content (AvgIpc) is 2.27. The zero-order chi connectivity index (χ0) is 12.0. The van der Waals surface area contributed by atoms with E-state index in [2.05, 4.69) is 25.8 Å². The van der Waals surface area contributed by atoms with Crippen molar-refractivity contribution in [1.82, 2.24) is 4.90 Å². The fourth-order valence-corrected chi connectivity index (χ4v) is 2.32. The van der Waals surface area contributed by atoms with Gasteiger partial charge in [-0.1, -0.05) is 13.8 Å². The third-order valence-electron chi connectivity index (χ3n) is 3.63. The Morgan fingerprint density at radius 2 is 1.94 bits per heavy atom. The normalized spacial score (nSPS) is 20.6. The summed E-state index contributed by atoms with van der Waals surface area (Å²) >= 11 is 0. The highest BCUT2D eigenvalue weighted by molar-refractivity contribution is 4.71. The van der Waals surface area contributed by atoms with Gasteiger partial charge in [-0.2, -0.15) is 0 Å². The van der Waals surface area contributed by atoms with Crippen LogP contribution in [0.3, 0.4) is 0 Å². The van der Waals surface area contributed by atoms with Crippen molar-refractivity contribution in [2.45, 2.75) is 26.7 Å². The maximum atomic E-state index is 9.30. The minimum Gasteiger partial charge on any atom is -0.396 e. The van der Waals surface area contributed by atoms with Gasteiger partial charge < -0.3 is 14.7 Å². The summed E-state index contributed by atoms with van der Waals surface area (Å²) in [5.41, 5.74) is 0. The van der Waals surface area contributed by atoms with Crippen molar-refractivity contribution in [3.8, 4) is 0 Å². The first-order chi connectivity index (χ1) is 7.63. The molecule has 0 amide bonds. The third kappa shape index (κ3) is 4.81. The predicted molar refractivity (Wildman–Crippen MR) is 66.5 cm³/mol. The van der Waals surface area contributed by atoms with Crippen LogP contribution in [0.2, 0.25) is 0 Å². The summed E-state index contributed by atoms with van der Waals surface area (Å²) in [6, 6.07) is 0. The van der Waals surface area contributed by atoms with Crippen LogP contribution in [0.25, 0.3) is 0 Å². The van der Waals surface area contributed by atoms with E-state index < -0.39 is 0 Å². The summed E-state index contributed by atoms with van der Waals surface area (Å²) < 4.78 is 5.36. The van der Waals surface area contributed by atoms with Crippen LogP contribution in [0.15, 0.2) is 0 Å². The van der Waals surface area contributed by atoms with Crippen molar-refractivity contribution in [3.05, 3.63) is 0 Å². The van der Waals surface area contributed by atoms with Gasteiger partial charge in [-0.3, -0.25) is 0 Å². The fraction of sp³-hybridized carbons (Fsp3) is 1.00. The van der Waals surface area contributed by atoms with Gasteiger partial charge >= 0.3 is 0 Å². The maximum absolute atomic E-state index is 9.30. The van der Waals surface area contributed by atoms with Crippen molar-refractivity contribution in [2.24, 2.45) is 17.8 Å². The van der Waals surface area contributed by atoms with Crippen LogP contribution in [0.5, 0.6) is 0 Å². The van der Waals surface area contributed by atoms with E-state index in [-0.39, 0.29) is 0 Å². The van der Waals surface area contributed by atoms with Crippen LogP contribution >= 0.6 is 0 Å². The van der Waals surface area contributed by atoms with E-state index in [4.69, 9.17) is 4.74 Å². The van der Waals surface area contributed by atoms with Crippen LogP contribution in [0, 0.1) is 17.8 Å². The second-order valence-electron chi connectivity index (χ2n) is 5.46. The Morgan fingerprint density at radius 3 is 2.44 bits per heavy atom. The molecule has 0 radical (unpaired) electrons. The Morgan fingerprint density at radius 1 is 1.31 bits per heavy atom. The standard InChI is InChI=1S/C13H27NO2/c1-11(2)13(10-15)9-14(3)8-12-4-6-16-7-5-12/h11-13,15H,4-10H2,1-3H3. The molecule has 0 aliphatic carbocycles. The topological polar surface area (TPSA) is 32.7 Å². The summed E-state index contributed by atoms with van der Waals surface area (Å²) in [6.07, 6.45) is 2.38. The van der Waals surface area contributed by atoms with Crippen LogP contribution in [0.4, 0.5) is 0 Å². The quantitative estimate of drug-likeness (QED) is 0.751. The van der Waals surface area contributed by atoms with Gasteiger partial charge in [0.05, 0.1) is 0 Å². The summed E-state index contributed by atoms with van der Waals surface area (Å²) in [7, 11) is 2.17. The van der Waals surface area contributed by atoms with E-state index in [1.165, 1.54) is 12.8 Å². The maximum Gasteiger partial charge on any atom is 0.0473 e. The number of nitrogens with zero attached hydrogens (tertiary/aromatic N) is 1. The van der Waals surface area contributed by atoms with E-state index in [9.17, 15) is 5.11 Å². The van der Waals surface area contributed by atoms with Gasteiger partial charge in [0.1, 0.15) is 0 Å². The van der Waals surface area contributed by atoms with Crippen LogP contribution in [-0.2, 0) is 4.74 Å². The zero-order valence-corrected chi connectivity index (χ0v) is 11.0. The Labute approximate surface area is 99.8 Å². The Balaban J connectivity index is 2.25. The number of rotatable bonds is 6. The Kier molecular flexibility index (Phi) is 6.32. The molecule has 96 valence electrons. The van der Waals surface area contributed by atoms with Crippen molar-refractivity contribution in [3.63, 3.8) is 0 Å². The molecule has 0 aromatic carbocycles. The molecule has 16 heavy (non-hydrogen) atoms.